The van der Waals surface area contributed by atoms with Gasteiger partial charge in [-0.1, -0.05) is 36.4 Å². The van der Waals surface area contributed by atoms with Gasteiger partial charge in [0, 0.05) is 0 Å². The van der Waals surface area contributed by atoms with E-state index < -0.39 is 5.97 Å². The van der Waals surface area contributed by atoms with Gasteiger partial charge >= 0.3 is 5.97 Å². The number of nitrogens with zero attached hydrogens (tertiary/aromatic N) is 1. The molecule has 0 bridgehead atoms. The number of esters is 1. The molecule has 154 valence electrons. The number of fused-ring (bicyclic) bond motifs is 1. The van der Waals surface area contributed by atoms with E-state index >= 15 is 0 Å². The molecule has 3 aromatic carbocycles. The molecule has 0 spiro atoms. The molecule has 0 saturated carbocycles. The highest BCUT2D eigenvalue weighted by atomic mass is 16.6. The lowest BCUT2D eigenvalue weighted by molar-refractivity contribution is -0.136. The highest BCUT2D eigenvalue weighted by Gasteiger charge is 2.36. The number of carbonyl (C=O) groups excluding carboxylic acids is 3. The third-order valence-electron chi connectivity index (χ3n) is 4.80. The van der Waals surface area contributed by atoms with Gasteiger partial charge < -0.3 is 9.47 Å². The smallest absolute Gasteiger partial charge is 0.349 e. The Kier molecular flexibility index (Phi) is 5.62. The fourth-order valence-electron chi connectivity index (χ4n) is 3.35. The lowest BCUT2D eigenvalue weighted by Gasteiger charge is -2.14. The summed E-state index contributed by atoms with van der Waals surface area (Å²) in [4.78, 5) is 38.4. The second kappa shape index (κ2) is 8.67. The summed E-state index contributed by atoms with van der Waals surface area (Å²) in [6.45, 7) is 3.46. The van der Waals surface area contributed by atoms with E-state index in [0.29, 0.717) is 29.0 Å². The standard InChI is InChI=1S/C25H19NO5/c1-2-7-17-8-3-6-11-22(17)30-16-23(27)31-19-14-12-18(13-15-19)26-24(28)20-9-4-5-10-21(20)25(26)29/h2-6,8-15H,1,7,16H2. The summed E-state index contributed by atoms with van der Waals surface area (Å²) >= 11 is 0. The Bertz CT molecular complexity index is 1130. The molecular formula is C25H19NO5. The first-order chi connectivity index (χ1) is 15.1. The number of rotatable bonds is 7. The molecule has 1 aliphatic heterocycles. The van der Waals surface area contributed by atoms with E-state index in [4.69, 9.17) is 9.47 Å². The third kappa shape index (κ3) is 4.09. The van der Waals surface area contributed by atoms with E-state index in [9.17, 15) is 14.4 Å². The topological polar surface area (TPSA) is 72.9 Å². The van der Waals surface area contributed by atoms with Crippen molar-refractivity contribution in [1.29, 1.82) is 0 Å². The maximum absolute atomic E-state index is 12.6. The molecule has 0 N–H and O–H groups in total. The van der Waals surface area contributed by atoms with Crippen molar-refractivity contribution in [1.82, 2.24) is 0 Å². The van der Waals surface area contributed by atoms with Crippen molar-refractivity contribution in [3.8, 4) is 11.5 Å². The van der Waals surface area contributed by atoms with Crippen LogP contribution in [0.25, 0.3) is 0 Å². The monoisotopic (exact) mass is 413 g/mol. The van der Waals surface area contributed by atoms with Gasteiger partial charge in [0.25, 0.3) is 11.8 Å². The molecule has 0 atom stereocenters. The van der Waals surface area contributed by atoms with Crippen LogP contribution in [0.5, 0.6) is 11.5 Å². The molecule has 1 heterocycles. The first kappa shape index (κ1) is 20.1. The third-order valence-corrected chi connectivity index (χ3v) is 4.80. The van der Waals surface area contributed by atoms with Crippen LogP contribution in [-0.4, -0.2) is 24.4 Å². The number of hydrogen-bond donors (Lipinski definition) is 0. The van der Waals surface area contributed by atoms with Gasteiger partial charge in [-0.15, -0.1) is 6.58 Å². The van der Waals surface area contributed by atoms with Gasteiger partial charge in [0.2, 0.25) is 0 Å². The molecule has 0 aromatic heterocycles. The average molecular weight is 413 g/mol. The van der Waals surface area contributed by atoms with E-state index in [0.717, 1.165) is 10.5 Å². The first-order valence-electron chi connectivity index (χ1n) is 9.68. The van der Waals surface area contributed by atoms with Crippen LogP contribution < -0.4 is 14.4 Å². The van der Waals surface area contributed by atoms with E-state index in [1.54, 1.807) is 48.5 Å². The van der Waals surface area contributed by atoms with Crippen molar-refractivity contribution in [2.45, 2.75) is 6.42 Å². The Labute approximate surface area is 179 Å². The Morgan fingerprint density at radius 1 is 0.871 bits per heavy atom. The zero-order chi connectivity index (χ0) is 21.8. The maximum Gasteiger partial charge on any atom is 0.349 e. The Balaban J connectivity index is 1.39. The molecule has 1 aliphatic rings. The lowest BCUT2D eigenvalue weighted by Crippen LogP contribution is -2.29. The van der Waals surface area contributed by atoms with Crippen molar-refractivity contribution in [3.05, 3.63) is 102 Å². The maximum atomic E-state index is 12.6. The Morgan fingerprint density at radius 3 is 2.13 bits per heavy atom. The summed E-state index contributed by atoms with van der Waals surface area (Å²) in [5, 5.41) is 0. The van der Waals surface area contributed by atoms with Crippen LogP contribution in [0.15, 0.2) is 85.5 Å². The van der Waals surface area contributed by atoms with Crippen LogP contribution in [0.4, 0.5) is 5.69 Å². The number of benzene rings is 3. The second-order valence-electron chi connectivity index (χ2n) is 6.85. The summed E-state index contributed by atoms with van der Waals surface area (Å²) in [6, 6.07) is 20.3. The highest BCUT2D eigenvalue weighted by Crippen LogP contribution is 2.29. The van der Waals surface area contributed by atoms with Gasteiger partial charge in [0.1, 0.15) is 11.5 Å². The van der Waals surface area contributed by atoms with E-state index in [1.807, 2.05) is 18.2 Å². The molecule has 3 aromatic rings. The van der Waals surface area contributed by atoms with Crippen LogP contribution in [-0.2, 0) is 11.2 Å². The molecule has 6 heteroatoms. The number of amides is 2. The fraction of sp³-hybridized carbons (Fsp3) is 0.0800. The summed E-state index contributed by atoms with van der Waals surface area (Å²) in [7, 11) is 0. The summed E-state index contributed by atoms with van der Waals surface area (Å²) in [5.41, 5.74) is 2.07. The number of imide groups is 1. The number of allylic oxidation sites excluding steroid dienone is 1. The number of ether oxygens (including phenoxy) is 2. The van der Waals surface area contributed by atoms with Gasteiger partial charge in [-0.05, 0) is 54.4 Å². The largest absolute Gasteiger partial charge is 0.482 e. The van der Waals surface area contributed by atoms with Crippen molar-refractivity contribution >= 4 is 23.5 Å². The molecule has 2 amide bonds. The minimum absolute atomic E-state index is 0.256. The molecule has 31 heavy (non-hydrogen) atoms. The van der Waals surface area contributed by atoms with Crippen LogP contribution in [0.1, 0.15) is 26.3 Å². The second-order valence-corrected chi connectivity index (χ2v) is 6.85. The van der Waals surface area contributed by atoms with Crippen LogP contribution >= 0.6 is 0 Å². The van der Waals surface area contributed by atoms with E-state index in [-0.39, 0.29) is 24.2 Å². The SMILES string of the molecule is C=CCc1ccccc1OCC(=O)Oc1ccc(N2C(=O)c3ccccc3C2=O)cc1. The first-order valence-corrected chi connectivity index (χ1v) is 9.68. The normalized spacial score (nSPS) is 12.5. The van der Waals surface area contributed by atoms with Gasteiger partial charge in [0.15, 0.2) is 6.61 Å². The summed E-state index contributed by atoms with van der Waals surface area (Å²) < 4.78 is 10.9. The molecule has 6 nitrogen and oxygen atoms in total. The van der Waals surface area contributed by atoms with E-state index in [2.05, 4.69) is 6.58 Å². The predicted octanol–water partition coefficient (Wildman–Crippen LogP) is 4.20. The van der Waals surface area contributed by atoms with Crippen molar-refractivity contribution in [3.63, 3.8) is 0 Å². The molecule has 0 aliphatic carbocycles. The lowest BCUT2D eigenvalue weighted by atomic mass is 10.1. The number of carbonyl (C=O) groups is 3. The Hall–Kier alpha value is -4.19. The minimum Gasteiger partial charge on any atom is -0.482 e. The van der Waals surface area contributed by atoms with Gasteiger partial charge in [-0.3, -0.25) is 9.59 Å². The Morgan fingerprint density at radius 2 is 1.48 bits per heavy atom. The summed E-state index contributed by atoms with van der Waals surface area (Å²) in [5.74, 6) is -0.440. The summed E-state index contributed by atoms with van der Waals surface area (Å²) in [6.07, 6.45) is 2.39. The average Bonchev–Trinajstić information content (AvgIpc) is 3.04. The molecule has 4 rings (SSSR count). The zero-order valence-electron chi connectivity index (χ0n) is 16.6. The number of anilines is 1. The minimum atomic E-state index is -0.568. The van der Waals surface area contributed by atoms with Gasteiger partial charge in [-0.25, -0.2) is 9.69 Å². The quantitative estimate of drug-likeness (QED) is 0.251. The van der Waals surface area contributed by atoms with Crippen LogP contribution in [0, 0.1) is 0 Å². The van der Waals surface area contributed by atoms with Crippen molar-refractivity contribution in [2.75, 3.05) is 11.5 Å². The van der Waals surface area contributed by atoms with Gasteiger partial charge in [0.05, 0.1) is 16.8 Å². The van der Waals surface area contributed by atoms with Crippen molar-refractivity contribution in [2.24, 2.45) is 0 Å². The highest BCUT2D eigenvalue weighted by molar-refractivity contribution is 6.34. The van der Waals surface area contributed by atoms with E-state index in [1.165, 1.54) is 12.1 Å². The van der Waals surface area contributed by atoms with Crippen LogP contribution in [0.3, 0.4) is 0 Å². The molecule has 0 fully saturated rings. The number of hydrogen-bond acceptors (Lipinski definition) is 5. The van der Waals surface area contributed by atoms with Gasteiger partial charge in [-0.2, -0.15) is 0 Å². The zero-order valence-corrected chi connectivity index (χ0v) is 16.6. The predicted molar refractivity (Wildman–Crippen MR) is 115 cm³/mol. The van der Waals surface area contributed by atoms with Crippen LogP contribution in [0.2, 0.25) is 0 Å². The fourth-order valence-corrected chi connectivity index (χ4v) is 3.35. The molecule has 0 unspecified atom stereocenters. The van der Waals surface area contributed by atoms with Crippen molar-refractivity contribution < 1.29 is 23.9 Å². The molecule has 0 saturated heterocycles. The number of para-hydroxylation sites is 1. The molecule has 0 radical (unpaired) electrons. The molecular weight excluding hydrogens is 394 g/mol.